The van der Waals surface area contributed by atoms with Gasteiger partial charge in [-0.25, -0.2) is 8.42 Å². The van der Waals surface area contributed by atoms with Crippen molar-refractivity contribution in [1.82, 2.24) is 5.32 Å². The molecule has 0 unspecified atom stereocenters. The van der Waals surface area contributed by atoms with Crippen molar-refractivity contribution in [3.63, 3.8) is 0 Å². The van der Waals surface area contributed by atoms with Crippen molar-refractivity contribution in [1.29, 1.82) is 0 Å². The molecule has 0 saturated carbocycles. The fraction of sp³-hybridized carbons (Fsp3) is 0.333. The first-order valence-electron chi connectivity index (χ1n) is 9.72. The molecular formula is C21H25N3O5S. The Hall–Kier alpha value is -3.07. The highest BCUT2D eigenvalue weighted by atomic mass is 32.2. The van der Waals surface area contributed by atoms with Crippen LogP contribution in [0.4, 0.5) is 11.4 Å². The van der Waals surface area contributed by atoms with Crippen LogP contribution in [-0.4, -0.2) is 45.7 Å². The van der Waals surface area contributed by atoms with Crippen LogP contribution in [0.3, 0.4) is 0 Å². The molecule has 2 aromatic carbocycles. The van der Waals surface area contributed by atoms with Crippen molar-refractivity contribution >= 4 is 33.2 Å². The molecule has 9 heteroatoms. The van der Waals surface area contributed by atoms with Crippen LogP contribution >= 0.6 is 0 Å². The quantitative estimate of drug-likeness (QED) is 0.655. The molecule has 1 atom stereocenters. The monoisotopic (exact) mass is 431 g/mol. The van der Waals surface area contributed by atoms with Crippen LogP contribution < -0.4 is 19.7 Å². The first kappa shape index (κ1) is 21.6. The molecule has 0 bridgehead atoms. The number of nitrogens with one attached hydrogen (secondary N) is 2. The Kier molecular flexibility index (Phi) is 6.61. The molecule has 0 saturated heterocycles. The first-order valence-corrected chi connectivity index (χ1v) is 11.6. The van der Waals surface area contributed by atoms with E-state index in [0.717, 1.165) is 23.4 Å². The molecule has 1 aliphatic rings. The van der Waals surface area contributed by atoms with Gasteiger partial charge >= 0.3 is 0 Å². The number of hydrogen-bond donors (Lipinski definition) is 2. The summed E-state index contributed by atoms with van der Waals surface area (Å²) in [5.74, 6) is -0.515. The second-order valence-electron chi connectivity index (χ2n) is 7.01. The Balaban J connectivity index is 1.80. The minimum Gasteiger partial charge on any atom is -0.476 e. The SMILES string of the molecule is CCCCNC(=O)c1ccccc1NC(=O)[C@@H]1CN(S(C)(=O)=O)c2ccccc2O1. The molecule has 0 fully saturated rings. The van der Waals surface area contributed by atoms with Gasteiger partial charge in [0.05, 0.1) is 29.7 Å². The predicted molar refractivity (Wildman–Crippen MR) is 115 cm³/mol. The third-order valence-corrected chi connectivity index (χ3v) is 5.82. The average Bonchev–Trinajstić information content (AvgIpc) is 2.72. The Labute approximate surface area is 176 Å². The Morgan fingerprint density at radius 2 is 1.83 bits per heavy atom. The average molecular weight is 432 g/mol. The summed E-state index contributed by atoms with van der Waals surface area (Å²) in [4.78, 5) is 25.4. The number of anilines is 2. The number of rotatable bonds is 7. The minimum atomic E-state index is -3.60. The van der Waals surface area contributed by atoms with Crippen LogP contribution in [0.15, 0.2) is 48.5 Å². The van der Waals surface area contributed by atoms with Crippen molar-refractivity contribution < 1.29 is 22.7 Å². The maximum atomic E-state index is 12.9. The molecule has 1 aliphatic heterocycles. The van der Waals surface area contributed by atoms with Gasteiger partial charge in [0, 0.05) is 6.54 Å². The molecule has 3 rings (SSSR count). The molecule has 160 valence electrons. The molecule has 2 amide bonds. The van der Waals surface area contributed by atoms with Crippen molar-refractivity contribution in [2.45, 2.75) is 25.9 Å². The molecule has 2 aromatic rings. The summed E-state index contributed by atoms with van der Waals surface area (Å²) in [7, 11) is -3.60. The minimum absolute atomic E-state index is 0.160. The summed E-state index contributed by atoms with van der Waals surface area (Å²) in [6, 6.07) is 13.3. The van der Waals surface area contributed by atoms with Gasteiger partial charge in [0.2, 0.25) is 10.0 Å². The van der Waals surface area contributed by atoms with E-state index in [1.54, 1.807) is 48.5 Å². The molecule has 0 aromatic heterocycles. The highest BCUT2D eigenvalue weighted by Gasteiger charge is 2.35. The number of benzene rings is 2. The van der Waals surface area contributed by atoms with Crippen molar-refractivity contribution in [3.05, 3.63) is 54.1 Å². The first-order chi connectivity index (χ1) is 14.3. The number of nitrogens with zero attached hydrogens (tertiary/aromatic N) is 1. The van der Waals surface area contributed by atoms with E-state index in [1.807, 2.05) is 6.92 Å². The summed E-state index contributed by atoms with van der Waals surface area (Å²) >= 11 is 0. The van der Waals surface area contributed by atoms with Gasteiger partial charge in [-0.05, 0) is 30.7 Å². The number of sulfonamides is 1. The lowest BCUT2D eigenvalue weighted by Crippen LogP contribution is -2.48. The van der Waals surface area contributed by atoms with Gasteiger partial charge in [-0.3, -0.25) is 13.9 Å². The van der Waals surface area contributed by atoms with Gasteiger partial charge in [-0.1, -0.05) is 37.6 Å². The van der Waals surface area contributed by atoms with Gasteiger partial charge in [-0.2, -0.15) is 0 Å². The molecule has 0 radical (unpaired) electrons. The fourth-order valence-corrected chi connectivity index (χ4v) is 4.04. The Morgan fingerprint density at radius 1 is 1.13 bits per heavy atom. The van der Waals surface area contributed by atoms with Gasteiger partial charge in [-0.15, -0.1) is 0 Å². The van der Waals surface area contributed by atoms with Crippen LogP contribution in [0.2, 0.25) is 0 Å². The number of amides is 2. The topological polar surface area (TPSA) is 105 Å². The lowest BCUT2D eigenvalue weighted by molar-refractivity contribution is -0.122. The second kappa shape index (κ2) is 9.17. The summed E-state index contributed by atoms with van der Waals surface area (Å²) in [6.07, 6.45) is 1.83. The van der Waals surface area contributed by atoms with Gasteiger partial charge < -0.3 is 15.4 Å². The zero-order valence-corrected chi connectivity index (χ0v) is 17.7. The molecule has 1 heterocycles. The molecule has 2 N–H and O–H groups in total. The fourth-order valence-electron chi connectivity index (χ4n) is 3.13. The van der Waals surface area contributed by atoms with Gasteiger partial charge in [0.1, 0.15) is 5.75 Å². The lowest BCUT2D eigenvalue weighted by atomic mass is 10.1. The zero-order valence-electron chi connectivity index (χ0n) is 16.9. The summed E-state index contributed by atoms with van der Waals surface area (Å²) in [5, 5.41) is 5.53. The van der Waals surface area contributed by atoms with E-state index in [4.69, 9.17) is 4.74 Å². The Morgan fingerprint density at radius 3 is 2.57 bits per heavy atom. The number of hydrogen-bond acceptors (Lipinski definition) is 5. The molecule has 0 spiro atoms. The zero-order chi connectivity index (χ0) is 21.7. The van der Waals surface area contributed by atoms with Crippen LogP contribution in [0, 0.1) is 0 Å². The normalized spacial score (nSPS) is 15.7. The third kappa shape index (κ3) is 4.91. The number of unbranched alkanes of at least 4 members (excludes halogenated alkanes) is 1. The van der Waals surface area contributed by atoms with Gasteiger partial charge in [0.15, 0.2) is 6.10 Å². The highest BCUT2D eigenvalue weighted by Crippen LogP contribution is 2.34. The summed E-state index contributed by atoms with van der Waals surface area (Å²) in [6.45, 7) is 2.42. The molecule has 0 aliphatic carbocycles. The predicted octanol–water partition coefficient (Wildman–Crippen LogP) is 2.38. The number of carbonyl (C=O) groups excluding carboxylic acids is 2. The van der Waals surface area contributed by atoms with Crippen molar-refractivity contribution in [2.75, 3.05) is 29.0 Å². The van der Waals surface area contributed by atoms with Crippen LogP contribution in [0.25, 0.3) is 0 Å². The van der Waals surface area contributed by atoms with Crippen LogP contribution in [0.1, 0.15) is 30.1 Å². The number of ether oxygens (including phenoxy) is 1. The molecule has 8 nitrogen and oxygen atoms in total. The van der Waals surface area contributed by atoms with E-state index >= 15 is 0 Å². The van der Waals surface area contributed by atoms with E-state index in [9.17, 15) is 18.0 Å². The lowest BCUT2D eigenvalue weighted by Gasteiger charge is -2.33. The summed E-state index contributed by atoms with van der Waals surface area (Å²) in [5.41, 5.74) is 1.06. The van der Waals surface area contributed by atoms with Crippen LogP contribution in [0.5, 0.6) is 5.75 Å². The van der Waals surface area contributed by atoms with Gasteiger partial charge in [0.25, 0.3) is 11.8 Å². The smallest absolute Gasteiger partial charge is 0.267 e. The number of carbonyl (C=O) groups is 2. The van der Waals surface area contributed by atoms with Crippen molar-refractivity contribution in [2.24, 2.45) is 0 Å². The standard InChI is InChI=1S/C21H25N3O5S/c1-3-4-13-22-20(25)15-9-5-6-10-16(15)23-21(26)19-14-24(30(2,27)28)17-11-7-8-12-18(17)29-19/h5-12,19H,3-4,13-14H2,1-2H3,(H,22,25)(H,23,26)/t19-/m0/s1. The van der Waals surface area contributed by atoms with E-state index in [2.05, 4.69) is 10.6 Å². The van der Waals surface area contributed by atoms with Crippen molar-refractivity contribution in [3.8, 4) is 5.75 Å². The van der Waals surface area contributed by atoms with Crippen LogP contribution in [-0.2, 0) is 14.8 Å². The largest absolute Gasteiger partial charge is 0.476 e. The second-order valence-corrected chi connectivity index (χ2v) is 8.92. The van der Waals surface area contributed by atoms with E-state index in [1.165, 1.54) is 0 Å². The van der Waals surface area contributed by atoms with E-state index in [0.29, 0.717) is 29.2 Å². The van der Waals surface area contributed by atoms with E-state index < -0.39 is 22.0 Å². The maximum Gasteiger partial charge on any atom is 0.267 e. The third-order valence-electron chi connectivity index (χ3n) is 4.67. The number of para-hydroxylation sites is 3. The number of fused-ring (bicyclic) bond motifs is 1. The maximum absolute atomic E-state index is 12.9. The van der Waals surface area contributed by atoms with E-state index in [-0.39, 0.29) is 12.5 Å². The Bertz CT molecular complexity index is 1040. The molecule has 30 heavy (non-hydrogen) atoms. The summed E-state index contributed by atoms with van der Waals surface area (Å²) < 4.78 is 31.4. The highest BCUT2D eigenvalue weighted by molar-refractivity contribution is 7.92. The molecular weight excluding hydrogens is 406 g/mol.